The lowest BCUT2D eigenvalue weighted by atomic mass is 10.2. The second-order valence-electron chi connectivity index (χ2n) is 5.67. The predicted molar refractivity (Wildman–Crippen MR) is 97.9 cm³/mol. The number of benzene rings is 2. The molecule has 0 fully saturated rings. The van der Waals surface area contributed by atoms with E-state index in [4.69, 9.17) is 11.6 Å². The molecule has 0 heterocycles. The van der Waals surface area contributed by atoms with Crippen LogP contribution in [-0.4, -0.2) is 25.0 Å². The van der Waals surface area contributed by atoms with Gasteiger partial charge < -0.3 is 15.5 Å². The average Bonchev–Trinajstić information content (AvgIpc) is 2.54. The lowest BCUT2D eigenvalue weighted by Gasteiger charge is -2.18. The lowest BCUT2D eigenvalue weighted by molar-refractivity contribution is 0.0993. The van der Waals surface area contributed by atoms with Crippen LogP contribution >= 0.6 is 11.6 Å². The van der Waals surface area contributed by atoms with Crippen LogP contribution in [0.15, 0.2) is 48.5 Å². The van der Waals surface area contributed by atoms with Crippen molar-refractivity contribution in [3.05, 3.63) is 59.1 Å². The maximum Gasteiger partial charge on any atom is 0.319 e. The molecule has 24 heavy (non-hydrogen) atoms. The van der Waals surface area contributed by atoms with Gasteiger partial charge in [-0.2, -0.15) is 0 Å². The minimum atomic E-state index is -0.261. The summed E-state index contributed by atoms with van der Waals surface area (Å²) in [6, 6.07) is 13.6. The summed E-state index contributed by atoms with van der Waals surface area (Å²) in [6.45, 7) is 3.78. The molecule has 126 valence electrons. The summed E-state index contributed by atoms with van der Waals surface area (Å²) >= 11 is 5.84. The van der Waals surface area contributed by atoms with Gasteiger partial charge in [-0.05, 0) is 62.4 Å². The number of hydrogen-bond acceptors (Lipinski definition) is 2. The van der Waals surface area contributed by atoms with Crippen molar-refractivity contribution in [3.63, 3.8) is 0 Å². The number of urea groups is 1. The third-order valence-corrected chi connectivity index (χ3v) is 3.58. The van der Waals surface area contributed by atoms with Crippen LogP contribution in [0.4, 0.5) is 16.2 Å². The Kier molecular flexibility index (Phi) is 5.82. The van der Waals surface area contributed by atoms with Crippen LogP contribution in [-0.2, 0) is 0 Å². The summed E-state index contributed by atoms with van der Waals surface area (Å²) in [5.41, 5.74) is 1.94. The minimum absolute atomic E-state index is 0.0624. The van der Waals surface area contributed by atoms with E-state index in [0.29, 0.717) is 16.3 Å². The standard InChI is InChI=1S/C18H20ClN3O2/c1-12(2)20-18(24)21-15-8-10-16(11-9-15)22(3)17(23)13-4-6-14(19)7-5-13/h4-12H,1-3H3,(H2,20,21,24). The molecule has 0 saturated carbocycles. The highest BCUT2D eigenvalue weighted by atomic mass is 35.5. The molecule has 0 spiro atoms. The molecule has 5 nitrogen and oxygen atoms in total. The molecule has 2 aromatic carbocycles. The SMILES string of the molecule is CC(C)NC(=O)Nc1ccc(N(C)C(=O)c2ccc(Cl)cc2)cc1. The van der Waals surface area contributed by atoms with Gasteiger partial charge in [-0.15, -0.1) is 0 Å². The van der Waals surface area contributed by atoms with Crippen molar-refractivity contribution in [3.8, 4) is 0 Å². The van der Waals surface area contributed by atoms with Crippen LogP contribution in [0, 0.1) is 0 Å². The van der Waals surface area contributed by atoms with E-state index in [1.165, 1.54) is 0 Å². The molecule has 0 bridgehead atoms. The third-order valence-electron chi connectivity index (χ3n) is 3.33. The van der Waals surface area contributed by atoms with Crippen LogP contribution < -0.4 is 15.5 Å². The molecule has 0 radical (unpaired) electrons. The van der Waals surface area contributed by atoms with E-state index in [-0.39, 0.29) is 18.0 Å². The smallest absolute Gasteiger partial charge is 0.319 e. The Hall–Kier alpha value is -2.53. The number of amides is 3. The van der Waals surface area contributed by atoms with Crippen molar-refractivity contribution >= 4 is 34.9 Å². The van der Waals surface area contributed by atoms with E-state index in [1.54, 1.807) is 60.5 Å². The highest BCUT2D eigenvalue weighted by molar-refractivity contribution is 6.30. The summed E-state index contributed by atoms with van der Waals surface area (Å²) in [5, 5.41) is 6.07. The van der Waals surface area contributed by atoms with Gasteiger partial charge in [0.15, 0.2) is 0 Å². The molecule has 0 aromatic heterocycles. The van der Waals surface area contributed by atoms with Gasteiger partial charge >= 0.3 is 6.03 Å². The highest BCUT2D eigenvalue weighted by Crippen LogP contribution is 2.19. The number of rotatable bonds is 4. The largest absolute Gasteiger partial charge is 0.336 e. The number of carbonyl (C=O) groups is 2. The fourth-order valence-electron chi connectivity index (χ4n) is 2.10. The maximum absolute atomic E-state index is 12.4. The van der Waals surface area contributed by atoms with Gasteiger partial charge in [-0.1, -0.05) is 11.6 Å². The zero-order chi connectivity index (χ0) is 17.7. The fourth-order valence-corrected chi connectivity index (χ4v) is 2.23. The Labute approximate surface area is 146 Å². The summed E-state index contributed by atoms with van der Waals surface area (Å²) < 4.78 is 0. The van der Waals surface area contributed by atoms with E-state index in [1.807, 2.05) is 13.8 Å². The van der Waals surface area contributed by atoms with Crippen LogP contribution in [0.2, 0.25) is 5.02 Å². The van der Waals surface area contributed by atoms with Gasteiger partial charge in [0.2, 0.25) is 0 Å². The summed E-state index contributed by atoms with van der Waals surface area (Å²) in [6.07, 6.45) is 0. The summed E-state index contributed by atoms with van der Waals surface area (Å²) in [5.74, 6) is -0.134. The highest BCUT2D eigenvalue weighted by Gasteiger charge is 2.13. The molecule has 0 saturated heterocycles. The zero-order valence-corrected chi connectivity index (χ0v) is 14.6. The monoisotopic (exact) mass is 345 g/mol. The number of anilines is 2. The average molecular weight is 346 g/mol. The van der Waals surface area contributed by atoms with Gasteiger partial charge in [0.25, 0.3) is 5.91 Å². The topological polar surface area (TPSA) is 61.4 Å². The van der Waals surface area contributed by atoms with E-state index in [0.717, 1.165) is 5.69 Å². The van der Waals surface area contributed by atoms with Gasteiger partial charge in [0.1, 0.15) is 0 Å². The van der Waals surface area contributed by atoms with Gasteiger partial charge in [0, 0.05) is 35.1 Å². The van der Waals surface area contributed by atoms with Crippen molar-refractivity contribution in [1.82, 2.24) is 5.32 Å². The number of hydrogen-bond donors (Lipinski definition) is 2. The Morgan fingerprint density at radius 2 is 1.58 bits per heavy atom. The predicted octanol–water partition coefficient (Wildman–Crippen LogP) is 4.15. The van der Waals surface area contributed by atoms with Gasteiger partial charge in [-0.25, -0.2) is 4.79 Å². The molecule has 0 aliphatic rings. The molecule has 2 N–H and O–H groups in total. The molecule has 0 unspecified atom stereocenters. The molecular formula is C18H20ClN3O2. The quantitative estimate of drug-likeness (QED) is 0.874. The normalized spacial score (nSPS) is 10.4. The van der Waals surface area contributed by atoms with Crippen LogP contribution in [0.1, 0.15) is 24.2 Å². The van der Waals surface area contributed by atoms with Gasteiger partial charge in [0.05, 0.1) is 0 Å². The first kappa shape index (κ1) is 17.8. The maximum atomic E-state index is 12.4. The summed E-state index contributed by atoms with van der Waals surface area (Å²) in [7, 11) is 1.70. The zero-order valence-electron chi connectivity index (χ0n) is 13.8. The van der Waals surface area contributed by atoms with E-state index in [9.17, 15) is 9.59 Å². The Morgan fingerprint density at radius 3 is 2.12 bits per heavy atom. The molecule has 0 aliphatic carbocycles. The van der Waals surface area contributed by atoms with Crippen molar-refractivity contribution in [1.29, 1.82) is 0 Å². The van der Waals surface area contributed by atoms with Crippen molar-refractivity contribution in [2.75, 3.05) is 17.3 Å². The van der Waals surface area contributed by atoms with E-state index in [2.05, 4.69) is 10.6 Å². The molecular weight excluding hydrogens is 326 g/mol. The first-order valence-electron chi connectivity index (χ1n) is 7.58. The fraction of sp³-hybridized carbons (Fsp3) is 0.222. The lowest BCUT2D eigenvalue weighted by Crippen LogP contribution is -2.34. The molecule has 0 atom stereocenters. The Bertz CT molecular complexity index is 712. The number of nitrogens with zero attached hydrogens (tertiary/aromatic N) is 1. The van der Waals surface area contributed by atoms with Crippen LogP contribution in [0.3, 0.4) is 0 Å². The minimum Gasteiger partial charge on any atom is -0.336 e. The molecule has 0 aliphatic heterocycles. The Morgan fingerprint density at radius 1 is 1.00 bits per heavy atom. The van der Waals surface area contributed by atoms with Crippen LogP contribution in [0.25, 0.3) is 0 Å². The second kappa shape index (κ2) is 7.84. The Balaban J connectivity index is 2.05. The van der Waals surface area contributed by atoms with Crippen LogP contribution in [0.5, 0.6) is 0 Å². The van der Waals surface area contributed by atoms with Crippen molar-refractivity contribution in [2.45, 2.75) is 19.9 Å². The number of halogens is 1. The second-order valence-corrected chi connectivity index (χ2v) is 6.11. The van der Waals surface area contributed by atoms with Crippen molar-refractivity contribution < 1.29 is 9.59 Å². The molecule has 6 heteroatoms. The number of nitrogens with one attached hydrogen (secondary N) is 2. The summed E-state index contributed by atoms with van der Waals surface area (Å²) in [4.78, 5) is 25.7. The van der Waals surface area contributed by atoms with Gasteiger partial charge in [-0.3, -0.25) is 4.79 Å². The van der Waals surface area contributed by atoms with E-state index < -0.39 is 0 Å². The van der Waals surface area contributed by atoms with Crippen molar-refractivity contribution in [2.24, 2.45) is 0 Å². The molecule has 2 aromatic rings. The van der Waals surface area contributed by atoms with E-state index >= 15 is 0 Å². The molecule has 2 rings (SSSR count). The first-order valence-corrected chi connectivity index (χ1v) is 7.96. The third kappa shape index (κ3) is 4.73. The first-order chi connectivity index (χ1) is 11.4. The molecule has 3 amide bonds. The number of carbonyl (C=O) groups excluding carboxylic acids is 2.